The molecule has 50 heavy (non-hydrogen) atoms. The van der Waals surface area contributed by atoms with Crippen LogP contribution in [0.4, 0.5) is 17.1 Å². The topological polar surface area (TPSA) is 47.3 Å². The number of para-hydroxylation sites is 3. The highest BCUT2D eigenvalue weighted by Crippen LogP contribution is 2.44. The van der Waals surface area contributed by atoms with Crippen LogP contribution < -0.4 is 4.90 Å². The fraction of sp³-hybridized carbons (Fsp3) is 0. The predicted octanol–water partition coefficient (Wildman–Crippen LogP) is 12.6. The third kappa shape index (κ3) is 3.86. The van der Waals surface area contributed by atoms with E-state index in [0.29, 0.717) is 5.89 Å². The zero-order valence-corrected chi connectivity index (χ0v) is 26.7. The first-order valence-corrected chi connectivity index (χ1v) is 16.8. The van der Waals surface area contributed by atoms with Crippen LogP contribution in [0.15, 0.2) is 173 Å². The lowest BCUT2D eigenvalue weighted by atomic mass is 10.0. The van der Waals surface area contributed by atoms with Gasteiger partial charge >= 0.3 is 0 Å². The third-order valence-corrected chi connectivity index (χ3v) is 9.94. The van der Waals surface area contributed by atoms with Crippen molar-refractivity contribution >= 4 is 82.7 Å². The first-order valence-electron chi connectivity index (χ1n) is 16.8. The van der Waals surface area contributed by atoms with Gasteiger partial charge in [0.1, 0.15) is 16.7 Å². The lowest BCUT2D eigenvalue weighted by molar-refractivity contribution is 0.623. The number of furan rings is 1. The summed E-state index contributed by atoms with van der Waals surface area (Å²) in [5.41, 5.74) is 10.8. The summed E-state index contributed by atoms with van der Waals surface area (Å²) in [7, 11) is 0. The molecule has 11 rings (SSSR count). The van der Waals surface area contributed by atoms with E-state index in [1.165, 1.54) is 16.3 Å². The molecule has 0 fully saturated rings. The smallest absolute Gasteiger partial charge is 0.227 e. The van der Waals surface area contributed by atoms with E-state index in [0.717, 1.165) is 77.6 Å². The SMILES string of the molecule is c1ccc(N(c2cccc(-c3nc4c5cccc6oc7cccc(c4o3)c7c65)c2)c2ccc3c4ccccc4n(-c4ccccc4)c3c2)cc1. The molecule has 3 aromatic heterocycles. The number of aromatic nitrogens is 2. The van der Waals surface area contributed by atoms with Crippen LogP contribution in [0.1, 0.15) is 0 Å². The molecule has 0 aliphatic carbocycles. The van der Waals surface area contributed by atoms with E-state index in [2.05, 4.69) is 149 Å². The molecule has 0 N–H and O–H groups in total. The standard InChI is InChI=1S/C45H27N3O2/c1-3-13-29(14-4-1)47(32-24-25-34-33-18-7-8-21-37(33)48(38(34)27-32)30-15-5-2-6-16-30)31-17-9-12-28(26-31)45-46-43-35-19-10-22-39-41(35)42-36(44(43)50-45)20-11-23-40(42)49-39/h1-27H. The lowest BCUT2D eigenvalue weighted by Crippen LogP contribution is -2.10. The molecule has 8 aromatic carbocycles. The summed E-state index contributed by atoms with van der Waals surface area (Å²) in [6.07, 6.45) is 0. The molecular weight excluding hydrogens is 615 g/mol. The minimum absolute atomic E-state index is 0.584. The van der Waals surface area contributed by atoms with E-state index >= 15 is 0 Å². The Bertz CT molecular complexity index is 2960. The van der Waals surface area contributed by atoms with Gasteiger partial charge in [0.05, 0.1) is 11.0 Å². The van der Waals surface area contributed by atoms with Crippen LogP contribution in [0.25, 0.3) is 82.8 Å². The molecule has 0 saturated heterocycles. The fourth-order valence-corrected chi connectivity index (χ4v) is 7.82. The molecule has 5 heteroatoms. The number of benzene rings is 8. The summed E-state index contributed by atoms with van der Waals surface area (Å²) in [5, 5.41) is 6.67. The number of oxazole rings is 1. The van der Waals surface area contributed by atoms with Crippen LogP contribution in [0, 0.1) is 0 Å². The molecule has 0 radical (unpaired) electrons. The first kappa shape index (κ1) is 27.1. The lowest BCUT2D eigenvalue weighted by Gasteiger charge is -2.26. The zero-order chi connectivity index (χ0) is 32.8. The van der Waals surface area contributed by atoms with Crippen LogP contribution in [0.5, 0.6) is 0 Å². The van der Waals surface area contributed by atoms with Gasteiger partial charge in [0, 0.05) is 60.6 Å². The van der Waals surface area contributed by atoms with Gasteiger partial charge in [0.2, 0.25) is 5.89 Å². The van der Waals surface area contributed by atoms with Crippen molar-refractivity contribution in [2.75, 3.05) is 4.90 Å². The molecule has 11 aromatic rings. The highest BCUT2D eigenvalue weighted by atomic mass is 16.3. The largest absolute Gasteiger partial charge is 0.456 e. The molecule has 0 spiro atoms. The Morgan fingerprint density at radius 2 is 1.10 bits per heavy atom. The van der Waals surface area contributed by atoms with Crippen molar-refractivity contribution in [3.8, 4) is 17.1 Å². The van der Waals surface area contributed by atoms with Crippen molar-refractivity contribution < 1.29 is 8.83 Å². The maximum Gasteiger partial charge on any atom is 0.227 e. The first-order chi connectivity index (χ1) is 24.8. The Labute approximate surface area is 286 Å². The monoisotopic (exact) mass is 641 g/mol. The molecule has 0 bridgehead atoms. The van der Waals surface area contributed by atoms with Gasteiger partial charge in [0.25, 0.3) is 0 Å². The third-order valence-electron chi connectivity index (χ3n) is 9.94. The second kappa shape index (κ2) is 10.3. The van der Waals surface area contributed by atoms with Crippen LogP contribution in [0.3, 0.4) is 0 Å². The van der Waals surface area contributed by atoms with E-state index in [1.807, 2.05) is 24.3 Å². The van der Waals surface area contributed by atoms with Gasteiger partial charge < -0.3 is 18.3 Å². The van der Waals surface area contributed by atoms with Gasteiger partial charge in [-0.05, 0) is 72.8 Å². The molecule has 0 atom stereocenters. The minimum atomic E-state index is 0.584. The molecule has 0 aliphatic heterocycles. The second-order valence-corrected chi connectivity index (χ2v) is 12.8. The van der Waals surface area contributed by atoms with E-state index in [9.17, 15) is 0 Å². The van der Waals surface area contributed by atoms with Crippen LogP contribution in [-0.2, 0) is 0 Å². The summed E-state index contributed by atoms with van der Waals surface area (Å²) in [5.74, 6) is 0.584. The summed E-state index contributed by atoms with van der Waals surface area (Å²) in [6, 6.07) is 57.3. The number of fused-ring (bicyclic) bond motifs is 6. The Hall–Kier alpha value is -6.85. The minimum Gasteiger partial charge on any atom is -0.456 e. The molecule has 0 unspecified atom stereocenters. The summed E-state index contributed by atoms with van der Waals surface area (Å²) in [4.78, 5) is 7.44. The quantitative estimate of drug-likeness (QED) is 0.175. The Morgan fingerprint density at radius 3 is 1.94 bits per heavy atom. The van der Waals surface area contributed by atoms with Gasteiger partial charge in [0.15, 0.2) is 5.58 Å². The zero-order valence-electron chi connectivity index (χ0n) is 26.7. The van der Waals surface area contributed by atoms with Gasteiger partial charge in [-0.25, -0.2) is 4.98 Å². The van der Waals surface area contributed by atoms with Gasteiger partial charge in [-0.1, -0.05) is 91.0 Å². The number of rotatable bonds is 5. The van der Waals surface area contributed by atoms with Crippen molar-refractivity contribution in [2.24, 2.45) is 0 Å². The van der Waals surface area contributed by atoms with E-state index < -0.39 is 0 Å². The van der Waals surface area contributed by atoms with Gasteiger partial charge in [-0.2, -0.15) is 0 Å². The number of anilines is 3. The number of nitrogens with zero attached hydrogens (tertiary/aromatic N) is 3. The average Bonchev–Trinajstić information content (AvgIpc) is 3.88. The molecule has 5 nitrogen and oxygen atoms in total. The summed E-state index contributed by atoms with van der Waals surface area (Å²) < 4.78 is 15.2. The van der Waals surface area contributed by atoms with Gasteiger partial charge in [-0.15, -0.1) is 0 Å². The molecule has 0 saturated carbocycles. The Balaban J connectivity index is 1.11. The highest BCUT2D eigenvalue weighted by Gasteiger charge is 2.22. The van der Waals surface area contributed by atoms with Crippen LogP contribution >= 0.6 is 0 Å². The fourth-order valence-electron chi connectivity index (χ4n) is 7.82. The summed E-state index contributed by atoms with van der Waals surface area (Å²) >= 11 is 0. The predicted molar refractivity (Wildman–Crippen MR) is 204 cm³/mol. The Morgan fingerprint density at radius 1 is 0.460 bits per heavy atom. The maximum absolute atomic E-state index is 6.67. The molecule has 0 amide bonds. The number of hydrogen-bond donors (Lipinski definition) is 0. The molecule has 0 aliphatic rings. The second-order valence-electron chi connectivity index (χ2n) is 12.8. The molecular formula is C45H27N3O2. The Kier molecular flexibility index (Phi) is 5.60. The highest BCUT2D eigenvalue weighted by molar-refractivity contribution is 6.31. The number of hydrogen-bond acceptors (Lipinski definition) is 4. The van der Waals surface area contributed by atoms with Crippen LogP contribution in [0.2, 0.25) is 0 Å². The van der Waals surface area contributed by atoms with Crippen LogP contribution in [-0.4, -0.2) is 9.55 Å². The van der Waals surface area contributed by atoms with Crippen molar-refractivity contribution in [1.82, 2.24) is 9.55 Å². The van der Waals surface area contributed by atoms with Crippen molar-refractivity contribution in [3.05, 3.63) is 164 Å². The van der Waals surface area contributed by atoms with E-state index in [1.54, 1.807) is 0 Å². The molecule has 3 heterocycles. The summed E-state index contributed by atoms with van der Waals surface area (Å²) in [6.45, 7) is 0. The van der Waals surface area contributed by atoms with Crippen molar-refractivity contribution in [3.63, 3.8) is 0 Å². The van der Waals surface area contributed by atoms with Gasteiger partial charge in [-0.3, -0.25) is 0 Å². The maximum atomic E-state index is 6.67. The van der Waals surface area contributed by atoms with E-state index in [4.69, 9.17) is 13.8 Å². The average molecular weight is 642 g/mol. The van der Waals surface area contributed by atoms with Crippen molar-refractivity contribution in [1.29, 1.82) is 0 Å². The van der Waals surface area contributed by atoms with E-state index in [-0.39, 0.29) is 0 Å². The normalized spacial score (nSPS) is 12.0. The van der Waals surface area contributed by atoms with Crippen molar-refractivity contribution in [2.45, 2.75) is 0 Å². The molecule has 234 valence electrons.